The second kappa shape index (κ2) is 9.22. The van der Waals surface area contributed by atoms with Gasteiger partial charge in [0.1, 0.15) is 6.54 Å². The number of guanidine groups is 1. The number of aromatic nitrogens is 3. The third-order valence-corrected chi connectivity index (χ3v) is 4.11. The molecule has 1 atom stereocenters. The van der Waals surface area contributed by atoms with Crippen LogP contribution in [0.1, 0.15) is 33.5 Å². The van der Waals surface area contributed by atoms with E-state index >= 15 is 0 Å². The van der Waals surface area contributed by atoms with Crippen molar-refractivity contribution in [2.45, 2.75) is 40.3 Å². The van der Waals surface area contributed by atoms with E-state index in [4.69, 9.17) is 0 Å². The molecule has 0 saturated carbocycles. The smallest absolute Gasteiger partial charge is 0.191 e. The first-order valence-corrected chi connectivity index (χ1v) is 8.74. The Kier molecular flexibility index (Phi) is 6.99. The Balaban J connectivity index is 2.00. The molecule has 7 nitrogen and oxygen atoms in total. The number of nitrogens with one attached hydrogen (secondary N) is 2. The summed E-state index contributed by atoms with van der Waals surface area (Å²) in [5.41, 5.74) is 0.843. The topological polar surface area (TPSA) is 69.8 Å². The van der Waals surface area contributed by atoms with Gasteiger partial charge in [-0.05, 0) is 39.1 Å². The third kappa shape index (κ3) is 4.67. The number of hydrogen-bond acceptors (Lipinski definition) is 4. The van der Waals surface area contributed by atoms with Crippen molar-refractivity contribution in [1.29, 1.82) is 0 Å². The molecule has 7 heteroatoms. The third-order valence-electron chi connectivity index (χ3n) is 4.11. The Morgan fingerprint density at radius 1 is 1.21 bits per heavy atom. The lowest BCUT2D eigenvalue weighted by Gasteiger charge is -2.27. The predicted molar refractivity (Wildman–Crippen MR) is 98.2 cm³/mol. The maximum absolute atomic E-state index is 4.64. The maximum atomic E-state index is 4.64. The summed E-state index contributed by atoms with van der Waals surface area (Å²) in [5.74, 6) is 1.64. The van der Waals surface area contributed by atoms with Crippen LogP contribution >= 0.6 is 0 Å². The van der Waals surface area contributed by atoms with Gasteiger partial charge in [-0.15, -0.1) is 10.2 Å². The number of hydrogen-bond donors (Lipinski definition) is 2. The van der Waals surface area contributed by atoms with Crippen molar-refractivity contribution in [3.63, 3.8) is 0 Å². The molecule has 0 amide bonds. The predicted octanol–water partition coefficient (Wildman–Crippen LogP) is 1.51. The van der Waals surface area contributed by atoms with Crippen molar-refractivity contribution < 1.29 is 0 Å². The van der Waals surface area contributed by atoms with Crippen molar-refractivity contribution in [2.75, 3.05) is 26.2 Å². The van der Waals surface area contributed by atoms with Crippen LogP contribution in [-0.2, 0) is 6.54 Å². The molecule has 0 spiro atoms. The maximum Gasteiger partial charge on any atom is 0.191 e. The summed E-state index contributed by atoms with van der Waals surface area (Å²) in [6, 6.07) is 6.32. The molecule has 2 aromatic heterocycles. The molecule has 1 unspecified atom stereocenters. The van der Waals surface area contributed by atoms with Crippen LogP contribution in [0, 0.1) is 0 Å². The second-order valence-corrected chi connectivity index (χ2v) is 5.69. The quantitative estimate of drug-likeness (QED) is 0.567. The number of fused-ring (bicyclic) bond motifs is 1. The molecule has 0 aliphatic rings. The van der Waals surface area contributed by atoms with Gasteiger partial charge >= 0.3 is 0 Å². The van der Waals surface area contributed by atoms with E-state index in [1.165, 1.54) is 0 Å². The first-order valence-electron chi connectivity index (χ1n) is 8.74. The van der Waals surface area contributed by atoms with Gasteiger partial charge in [0.25, 0.3) is 0 Å². The van der Waals surface area contributed by atoms with E-state index in [1.807, 2.05) is 28.8 Å². The van der Waals surface area contributed by atoms with Gasteiger partial charge in [-0.25, -0.2) is 4.99 Å². The minimum absolute atomic E-state index is 0.456. The molecule has 2 N–H and O–H groups in total. The molecule has 0 aliphatic carbocycles. The average Bonchev–Trinajstić information content (AvgIpc) is 3.01. The number of rotatable bonds is 8. The van der Waals surface area contributed by atoms with Crippen LogP contribution in [-0.4, -0.2) is 57.7 Å². The highest BCUT2D eigenvalue weighted by Crippen LogP contribution is 2.04. The van der Waals surface area contributed by atoms with E-state index in [9.17, 15) is 0 Å². The van der Waals surface area contributed by atoms with E-state index in [1.54, 1.807) is 0 Å². The van der Waals surface area contributed by atoms with Gasteiger partial charge in [0.2, 0.25) is 0 Å². The van der Waals surface area contributed by atoms with Crippen LogP contribution in [0.4, 0.5) is 0 Å². The van der Waals surface area contributed by atoms with Crippen molar-refractivity contribution >= 4 is 11.6 Å². The minimum atomic E-state index is 0.456. The van der Waals surface area contributed by atoms with Gasteiger partial charge < -0.3 is 10.6 Å². The van der Waals surface area contributed by atoms with Gasteiger partial charge in [0.05, 0.1) is 0 Å². The van der Waals surface area contributed by atoms with Crippen molar-refractivity contribution in [3.05, 3.63) is 30.2 Å². The van der Waals surface area contributed by atoms with Crippen LogP contribution < -0.4 is 10.6 Å². The first kappa shape index (κ1) is 18.2. The molecular weight excluding hydrogens is 302 g/mol. The summed E-state index contributed by atoms with van der Waals surface area (Å²) >= 11 is 0. The van der Waals surface area contributed by atoms with E-state index in [0.717, 1.165) is 43.6 Å². The fourth-order valence-corrected chi connectivity index (χ4v) is 2.71. The normalized spacial score (nSPS) is 13.5. The lowest BCUT2D eigenvalue weighted by atomic mass is 10.3. The highest BCUT2D eigenvalue weighted by molar-refractivity contribution is 5.79. The summed E-state index contributed by atoms with van der Waals surface area (Å²) in [6.07, 6.45) is 1.96. The average molecular weight is 331 g/mol. The molecule has 0 saturated heterocycles. The number of likely N-dealkylation sites (N-methyl/N-ethyl adjacent to an activating group) is 1. The monoisotopic (exact) mass is 331 g/mol. The zero-order valence-electron chi connectivity index (χ0n) is 15.2. The van der Waals surface area contributed by atoms with Crippen molar-refractivity contribution in [3.8, 4) is 0 Å². The van der Waals surface area contributed by atoms with E-state index in [0.29, 0.717) is 12.6 Å². The zero-order chi connectivity index (χ0) is 17.4. The molecule has 0 fully saturated rings. The van der Waals surface area contributed by atoms with E-state index in [2.05, 4.69) is 58.4 Å². The Labute approximate surface area is 144 Å². The molecule has 132 valence electrons. The van der Waals surface area contributed by atoms with Gasteiger partial charge in [-0.2, -0.15) is 0 Å². The summed E-state index contributed by atoms with van der Waals surface area (Å²) < 4.78 is 1.96. The lowest BCUT2D eigenvalue weighted by molar-refractivity contribution is 0.231. The van der Waals surface area contributed by atoms with Crippen LogP contribution in [0.15, 0.2) is 29.4 Å². The molecule has 0 radical (unpaired) electrons. The summed E-state index contributed by atoms with van der Waals surface area (Å²) in [5, 5.41) is 15.1. The molecule has 2 rings (SSSR count). The molecular formula is C17H29N7. The Morgan fingerprint density at radius 2 is 2.00 bits per heavy atom. The van der Waals surface area contributed by atoms with Crippen molar-refractivity contribution in [2.24, 2.45) is 4.99 Å². The van der Waals surface area contributed by atoms with Crippen LogP contribution in [0.5, 0.6) is 0 Å². The van der Waals surface area contributed by atoms with Gasteiger partial charge in [0.15, 0.2) is 17.4 Å². The van der Waals surface area contributed by atoms with Crippen LogP contribution in [0.3, 0.4) is 0 Å². The first-order chi connectivity index (χ1) is 11.7. The number of nitrogens with zero attached hydrogens (tertiary/aromatic N) is 5. The van der Waals surface area contributed by atoms with Crippen LogP contribution in [0.2, 0.25) is 0 Å². The summed E-state index contributed by atoms with van der Waals surface area (Å²) in [6.45, 7) is 13.0. The van der Waals surface area contributed by atoms with E-state index < -0.39 is 0 Å². The largest absolute Gasteiger partial charge is 0.357 e. The number of aliphatic imine (C=N–C) groups is 1. The molecule has 2 aromatic rings. The molecule has 24 heavy (non-hydrogen) atoms. The Morgan fingerprint density at radius 3 is 2.71 bits per heavy atom. The fraction of sp³-hybridized carbons (Fsp3) is 0.588. The number of pyridine rings is 1. The summed E-state index contributed by atoms with van der Waals surface area (Å²) in [7, 11) is 0. The molecule has 0 bridgehead atoms. The molecule has 2 heterocycles. The minimum Gasteiger partial charge on any atom is -0.357 e. The molecule has 0 aromatic carbocycles. The van der Waals surface area contributed by atoms with Gasteiger partial charge in [0, 0.05) is 25.3 Å². The molecule has 0 aliphatic heterocycles. The summed E-state index contributed by atoms with van der Waals surface area (Å²) in [4.78, 5) is 7.06. The van der Waals surface area contributed by atoms with Crippen molar-refractivity contribution in [1.82, 2.24) is 30.1 Å². The highest BCUT2D eigenvalue weighted by Gasteiger charge is 2.10. The fourth-order valence-electron chi connectivity index (χ4n) is 2.71. The van der Waals surface area contributed by atoms with E-state index in [-0.39, 0.29) is 0 Å². The standard InChI is InChI=1S/C17H29N7/c1-5-18-17(19-12-14(4)23(6-2)7-3)20-13-16-22-21-15-10-8-9-11-24(15)16/h8-11,14H,5-7,12-13H2,1-4H3,(H2,18,19,20). The SMILES string of the molecule is CCNC(=NCc1nnc2ccccn12)NCC(C)N(CC)CC. The highest BCUT2D eigenvalue weighted by atomic mass is 15.3. The zero-order valence-corrected chi connectivity index (χ0v) is 15.2. The van der Waals surface area contributed by atoms with Gasteiger partial charge in [-0.1, -0.05) is 19.9 Å². The van der Waals surface area contributed by atoms with Gasteiger partial charge in [-0.3, -0.25) is 9.30 Å². The second-order valence-electron chi connectivity index (χ2n) is 5.69. The Bertz CT molecular complexity index is 645. The lowest BCUT2D eigenvalue weighted by Crippen LogP contribution is -2.46. The Hall–Kier alpha value is -2.15. The van der Waals surface area contributed by atoms with Crippen LogP contribution in [0.25, 0.3) is 5.65 Å².